The molecule has 0 fully saturated rings. The van der Waals surface area contributed by atoms with Crippen LogP contribution in [0.4, 0.5) is 0 Å². The van der Waals surface area contributed by atoms with Gasteiger partial charge in [0.25, 0.3) is 0 Å². The Labute approximate surface area is 124 Å². The average Bonchev–Trinajstić information content (AvgIpc) is 2.50. The van der Waals surface area contributed by atoms with E-state index in [1.54, 1.807) is 14.2 Å². The smallest absolute Gasteiger partial charge is 0.222 e. The van der Waals surface area contributed by atoms with E-state index in [0.29, 0.717) is 24.6 Å². The summed E-state index contributed by atoms with van der Waals surface area (Å²) in [5.41, 5.74) is 2.36. The lowest BCUT2D eigenvalue weighted by Crippen LogP contribution is -2.35. The number of ether oxygens (including phenoxy) is 2. The van der Waals surface area contributed by atoms with E-state index >= 15 is 0 Å². The highest BCUT2D eigenvalue weighted by atomic mass is 35.5. The first-order valence-corrected chi connectivity index (χ1v) is 7.30. The summed E-state index contributed by atoms with van der Waals surface area (Å²) < 4.78 is 10.6. The quantitative estimate of drug-likeness (QED) is 0.784. The second kappa shape index (κ2) is 6.84. The van der Waals surface area contributed by atoms with Crippen LogP contribution in [0.5, 0.6) is 11.5 Å². The summed E-state index contributed by atoms with van der Waals surface area (Å²) in [7, 11) is 3.26. The number of carbonyl (C=O) groups is 1. The summed E-state index contributed by atoms with van der Waals surface area (Å²) in [6.07, 6.45) is 2.10. The molecule has 0 N–H and O–H groups in total. The lowest BCUT2D eigenvalue weighted by molar-refractivity contribution is -0.132. The van der Waals surface area contributed by atoms with Crippen LogP contribution in [0.1, 0.15) is 24.0 Å². The number of nitrogens with zero attached hydrogens (tertiary/aromatic N) is 1. The molecule has 1 aliphatic rings. The van der Waals surface area contributed by atoms with Crippen molar-refractivity contribution >= 4 is 17.5 Å². The number of benzene rings is 1. The molecule has 1 amide bonds. The predicted molar refractivity (Wildman–Crippen MR) is 78.6 cm³/mol. The monoisotopic (exact) mass is 297 g/mol. The third kappa shape index (κ3) is 3.18. The van der Waals surface area contributed by atoms with Crippen molar-refractivity contribution in [1.82, 2.24) is 4.90 Å². The highest BCUT2D eigenvalue weighted by Crippen LogP contribution is 2.33. The summed E-state index contributed by atoms with van der Waals surface area (Å²) in [5, 5.41) is 0. The van der Waals surface area contributed by atoms with E-state index in [9.17, 15) is 4.79 Å². The molecule has 4 nitrogen and oxygen atoms in total. The maximum atomic E-state index is 12.1. The topological polar surface area (TPSA) is 38.8 Å². The molecule has 0 atom stereocenters. The van der Waals surface area contributed by atoms with Crippen molar-refractivity contribution in [1.29, 1.82) is 0 Å². The zero-order valence-electron chi connectivity index (χ0n) is 11.9. The van der Waals surface area contributed by atoms with Gasteiger partial charge in [0.2, 0.25) is 5.91 Å². The van der Waals surface area contributed by atoms with Gasteiger partial charge in [-0.1, -0.05) is 0 Å². The number of amides is 1. The first kappa shape index (κ1) is 15.0. The minimum atomic E-state index is 0.172. The van der Waals surface area contributed by atoms with Crippen LogP contribution in [-0.2, 0) is 17.8 Å². The van der Waals surface area contributed by atoms with Crippen LogP contribution in [0.25, 0.3) is 0 Å². The van der Waals surface area contributed by atoms with Gasteiger partial charge in [0, 0.05) is 25.4 Å². The Hall–Kier alpha value is -1.42. The number of carbonyl (C=O) groups excluding carboxylic acids is 1. The van der Waals surface area contributed by atoms with Crippen molar-refractivity contribution in [2.45, 2.75) is 25.8 Å². The van der Waals surface area contributed by atoms with Crippen molar-refractivity contribution in [3.8, 4) is 11.5 Å². The van der Waals surface area contributed by atoms with Crippen molar-refractivity contribution in [3.05, 3.63) is 23.3 Å². The molecule has 110 valence electrons. The molecule has 5 heteroatoms. The van der Waals surface area contributed by atoms with Crippen molar-refractivity contribution in [2.75, 3.05) is 26.6 Å². The number of hydrogen-bond acceptors (Lipinski definition) is 3. The molecule has 1 aromatic rings. The Morgan fingerprint density at radius 1 is 1.25 bits per heavy atom. The van der Waals surface area contributed by atoms with Crippen molar-refractivity contribution < 1.29 is 14.3 Å². The first-order chi connectivity index (χ1) is 9.69. The lowest BCUT2D eigenvalue weighted by Gasteiger charge is -2.29. The van der Waals surface area contributed by atoms with Crippen molar-refractivity contribution in [3.63, 3.8) is 0 Å². The predicted octanol–water partition coefficient (Wildman–Crippen LogP) is 2.61. The third-order valence-electron chi connectivity index (χ3n) is 3.60. The fraction of sp³-hybridized carbons (Fsp3) is 0.533. The molecule has 0 aliphatic carbocycles. The molecule has 0 aromatic heterocycles. The van der Waals surface area contributed by atoms with Crippen LogP contribution in [0, 0.1) is 0 Å². The van der Waals surface area contributed by atoms with Crippen LogP contribution >= 0.6 is 11.6 Å². The third-order valence-corrected chi connectivity index (χ3v) is 3.86. The summed E-state index contributed by atoms with van der Waals surface area (Å²) in [5.74, 6) is 2.15. The van der Waals surface area contributed by atoms with Gasteiger partial charge in [0.15, 0.2) is 11.5 Å². The fourth-order valence-corrected chi connectivity index (χ4v) is 2.61. The van der Waals surface area contributed by atoms with Gasteiger partial charge in [-0.25, -0.2) is 0 Å². The Balaban J connectivity index is 2.15. The Morgan fingerprint density at radius 2 is 1.90 bits per heavy atom. The second-order valence-electron chi connectivity index (χ2n) is 4.83. The van der Waals surface area contributed by atoms with Gasteiger partial charge in [-0.2, -0.15) is 0 Å². The second-order valence-corrected chi connectivity index (χ2v) is 5.21. The lowest BCUT2D eigenvalue weighted by atomic mass is 9.98. The Kier molecular flexibility index (Phi) is 5.12. The van der Waals surface area contributed by atoms with Crippen LogP contribution < -0.4 is 9.47 Å². The van der Waals surface area contributed by atoms with E-state index in [1.165, 1.54) is 5.56 Å². The van der Waals surface area contributed by atoms with Gasteiger partial charge >= 0.3 is 0 Å². The van der Waals surface area contributed by atoms with Gasteiger partial charge in [0.05, 0.1) is 14.2 Å². The molecular formula is C15H20ClNO3. The molecule has 1 heterocycles. The van der Waals surface area contributed by atoms with Crippen LogP contribution in [0.15, 0.2) is 12.1 Å². The molecule has 1 aromatic carbocycles. The SMILES string of the molecule is COc1cc2c(cc1OC)CN(C(=O)CCCCl)CC2. The van der Waals surface area contributed by atoms with Gasteiger partial charge in [-0.3, -0.25) is 4.79 Å². The van der Waals surface area contributed by atoms with E-state index in [2.05, 4.69) is 0 Å². The zero-order valence-corrected chi connectivity index (χ0v) is 12.7. The van der Waals surface area contributed by atoms with Gasteiger partial charge in [-0.05, 0) is 36.1 Å². The number of methoxy groups -OCH3 is 2. The van der Waals surface area contributed by atoms with Gasteiger partial charge in [0.1, 0.15) is 0 Å². The number of hydrogen-bond donors (Lipinski definition) is 0. The summed E-state index contributed by atoms with van der Waals surface area (Å²) in [6.45, 7) is 1.39. The molecule has 0 bridgehead atoms. The molecule has 0 saturated carbocycles. The molecule has 2 rings (SSSR count). The summed E-state index contributed by atoms with van der Waals surface area (Å²) in [6, 6.07) is 3.98. The van der Waals surface area contributed by atoms with E-state index in [-0.39, 0.29) is 5.91 Å². The number of halogens is 1. The Morgan fingerprint density at radius 3 is 2.50 bits per heavy atom. The Bertz CT molecular complexity index is 490. The molecule has 0 unspecified atom stereocenters. The van der Waals surface area contributed by atoms with Crippen LogP contribution in [-0.4, -0.2) is 37.5 Å². The van der Waals surface area contributed by atoms with Gasteiger partial charge < -0.3 is 14.4 Å². The van der Waals surface area contributed by atoms with E-state index in [0.717, 1.165) is 30.7 Å². The van der Waals surface area contributed by atoms with E-state index < -0.39 is 0 Å². The summed E-state index contributed by atoms with van der Waals surface area (Å²) in [4.78, 5) is 13.9. The summed E-state index contributed by atoms with van der Waals surface area (Å²) >= 11 is 5.64. The van der Waals surface area contributed by atoms with Crippen LogP contribution in [0.3, 0.4) is 0 Å². The molecular weight excluding hydrogens is 278 g/mol. The average molecular weight is 298 g/mol. The minimum absolute atomic E-state index is 0.172. The number of rotatable bonds is 5. The fourth-order valence-electron chi connectivity index (χ4n) is 2.47. The molecule has 0 spiro atoms. The zero-order chi connectivity index (χ0) is 14.5. The largest absolute Gasteiger partial charge is 0.493 e. The highest BCUT2D eigenvalue weighted by Gasteiger charge is 2.22. The maximum Gasteiger partial charge on any atom is 0.222 e. The standard InChI is InChI=1S/C15H20ClNO3/c1-19-13-8-11-5-7-17(15(18)4-3-6-16)10-12(11)9-14(13)20-2/h8-9H,3-7,10H2,1-2H3. The molecule has 0 saturated heterocycles. The van der Waals surface area contributed by atoms with Crippen LogP contribution in [0.2, 0.25) is 0 Å². The first-order valence-electron chi connectivity index (χ1n) is 6.77. The van der Waals surface area contributed by atoms with Gasteiger partial charge in [-0.15, -0.1) is 11.6 Å². The number of fused-ring (bicyclic) bond motifs is 1. The molecule has 1 aliphatic heterocycles. The minimum Gasteiger partial charge on any atom is -0.493 e. The normalized spacial score (nSPS) is 13.8. The van der Waals surface area contributed by atoms with Crippen molar-refractivity contribution in [2.24, 2.45) is 0 Å². The molecule has 0 radical (unpaired) electrons. The van der Waals surface area contributed by atoms with E-state index in [4.69, 9.17) is 21.1 Å². The highest BCUT2D eigenvalue weighted by molar-refractivity contribution is 6.17. The van der Waals surface area contributed by atoms with E-state index in [1.807, 2.05) is 17.0 Å². The number of alkyl halides is 1. The molecule has 20 heavy (non-hydrogen) atoms. The maximum absolute atomic E-state index is 12.1.